The third-order valence-corrected chi connectivity index (χ3v) is 4.70. The van der Waals surface area contributed by atoms with E-state index in [1.807, 2.05) is 6.07 Å². The quantitative estimate of drug-likeness (QED) is 0.854. The summed E-state index contributed by atoms with van der Waals surface area (Å²) in [5.74, 6) is -0.203. The standard InChI is InChI=1S/C17H22N2O2/c18-17(21)15-5-2-8-19(10-15)11-16(20)14-7-6-12-3-1-4-13(12)9-14/h6-7,9,15H,1-5,8,10-11H2,(H2,18,21). The van der Waals surface area contributed by atoms with Gasteiger partial charge < -0.3 is 5.73 Å². The third kappa shape index (κ3) is 3.16. The molecule has 1 fully saturated rings. The second kappa shape index (κ2) is 5.98. The number of benzene rings is 1. The maximum Gasteiger partial charge on any atom is 0.221 e. The zero-order valence-corrected chi connectivity index (χ0v) is 12.3. The number of primary amides is 1. The number of fused-ring (bicyclic) bond motifs is 1. The van der Waals surface area contributed by atoms with Crippen LogP contribution in [-0.2, 0) is 17.6 Å². The van der Waals surface area contributed by atoms with Gasteiger partial charge in [-0.2, -0.15) is 0 Å². The zero-order valence-electron chi connectivity index (χ0n) is 12.3. The molecular formula is C17H22N2O2. The van der Waals surface area contributed by atoms with E-state index in [9.17, 15) is 9.59 Å². The molecule has 0 saturated carbocycles. The van der Waals surface area contributed by atoms with Gasteiger partial charge in [-0.05, 0) is 55.8 Å². The molecule has 4 nitrogen and oxygen atoms in total. The van der Waals surface area contributed by atoms with E-state index >= 15 is 0 Å². The largest absolute Gasteiger partial charge is 0.369 e. The number of carbonyl (C=O) groups is 2. The fraction of sp³-hybridized carbons (Fsp3) is 0.529. The van der Waals surface area contributed by atoms with Crippen molar-refractivity contribution in [2.45, 2.75) is 32.1 Å². The van der Waals surface area contributed by atoms with E-state index in [0.29, 0.717) is 13.1 Å². The minimum Gasteiger partial charge on any atom is -0.369 e. The Balaban J connectivity index is 1.64. The number of Topliss-reactive ketones (excluding diaryl/α,β-unsaturated/α-hetero) is 1. The first-order valence-corrected chi connectivity index (χ1v) is 7.80. The second-order valence-electron chi connectivity index (χ2n) is 6.24. The average molecular weight is 286 g/mol. The van der Waals surface area contributed by atoms with Gasteiger partial charge in [-0.3, -0.25) is 14.5 Å². The van der Waals surface area contributed by atoms with Crippen LogP contribution in [-0.4, -0.2) is 36.2 Å². The highest BCUT2D eigenvalue weighted by molar-refractivity contribution is 5.98. The average Bonchev–Trinajstić information content (AvgIpc) is 2.94. The molecule has 0 bridgehead atoms. The van der Waals surface area contributed by atoms with Crippen LogP contribution in [0.25, 0.3) is 0 Å². The molecule has 1 amide bonds. The lowest BCUT2D eigenvalue weighted by Crippen LogP contribution is -2.43. The summed E-state index contributed by atoms with van der Waals surface area (Å²) in [7, 11) is 0. The molecule has 1 aromatic carbocycles. The van der Waals surface area contributed by atoms with Gasteiger partial charge in [-0.25, -0.2) is 0 Å². The molecule has 2 N–H and O–H groups in total. The molecular weight excluding hydrogens is 264 g/mol. The highest BCUT2D eigenvalue weighted by Gasteiger charge is 2.25. The second-order valence-corrected chi connectivity index (χ2v) is 6.24. The molecule has 0 aromatic heterocycles. The SMILES string of the molecule is NC(=O)C1CCCN(CC(=O)c2ccc3c(c2)CCC3)C1. The summed E-state index contributed by atoms with van der Waals surface area (Å²) in [6.45, 7) is 1.88. The van der Waals surface area contributed by atoms with Crippen molar-refractivity contribution in [1.29, 1.82) is 0 Å². The number of piperidine rings is 1. The molecule has 1 saturated heterocycles. The molecule has 1 atom stereocenters. The fourth-order valence-electron chi connectivity index (χ4n) is 3.47. The lowest BCUT2D eigenvalue weighted by molar-refractivity contribution is -0.123. The Kier molecular flexibility index (Phi) is 4.06. The zero-order chi connectivity index (χ0) is 14.8. The summed E-state index contributed by atoms with van der Waals surface area (Å²) in [5.41, 5.74) is 8.90. The van der Waals surface area contributed by atoms with Crippen molar-refractivity contribution in [2.75, 3.05) is 19.6 Å². The van der Waals surface area contributed by atoms with Crippen LogP contribution < -0.4 is 5.73 Å². The van der Waals surface area contributed by atoms with Crippen LogP contribution in [0.3, 0.4) is 0 Å². The van der Waals surface area contributed by atoms with Crippen LogP contribution in [0.2, 0.25) is 0 Å². The minimum atomic E-state index is -0.246. The van der Waals surface area contributed by atoms with Gasteiger partial charge in [0.1, 0.15) is 0 Å². The number of carbonyl (C=O) groups excluding carboxylic acids is 2. The molecule has 1 heterocycles. The van der Waals surface area contributed by atoms with E-state index < -0.39 is 0 Å². The number of amides is 1. The third-order valence-electron chi connectivity index (χ3n) is 4.70. The lowest BCUT2D eigenvalue weighted by Gasteiger charge is -2.30. The predicted molar refractivity (Wildman–Crippen MR) is 81.2 cm³/mol. The van der Waals surface area contributed by atoms with E-state index in [2.05, 4.69) is 17.0 Å². The van der Waals surface area contributed by atoms with E-state index in [1.165, 1.54) is 17.5 Å². The van der Waals surface area contributed by atoms with Gasteiger partial charge in [-0.1, -0.05) is 12.1 Å². The molecule has 1 unspecified atom stereocenters. The molecule has 0 spiro atoms. The van der Waals surface area contributed by atoms with E-state index in [1.54, 1.807) is 0 Å². The molecule has 0 radical (unpaired) electrons. The minimum absolute atomic E-state index is 0.105. The van der Waals surface area contributed by atoms with Gasteiger partial charge in [-0.15, -0.1) is 0 Å². The molecule has 2 aliphatic rings. The Bertz CT molecular complexity index is 568. The summed E-state index contributed by atoms with van der Waals surface area (Å²) in [6.07, 6.45) is 5.20. The van der Waals surface area contributed by atoms with Crippen LogP contribution in [0.5, 0.6) is 0 Å². The Morgan fingerprint density at radius 3 is 2.81 bits per heavy atom. The van der Waals surface area contributed by atoms with Crippen LogP contribution >= 0.6 is 0 Å². The molecule has 1 aromatic rings. The Morgan fingerprint density at radius 1 is 1.19 bits per heavy atom. The van der Waals surface area contributed by atoms with Gasteiger partial charge in [0.15, 0.2) is 5.78 Å². The van der Waals surface area contributed by atoms with Crippen LogP contribution in [0.1, 0.15) is 40.7 Å². The van der Waals surface area contributed by atoms with Crippen molar-refractivity contribution in [3.8, 4) is 0 Å². The number of likely N-dealkylation sites (tertiary alicyclic amines) is 1. The number of nitrogens with zero attached hydrogens (tertiary/aromatic N) is 1. The molecule has 4 heteroatoms. The summed E-state index contributed by atoms with van der Waals surface area (Å²) < 4.78 is 0. The number of ketones is 1. The van der Waals surface area contributed by atoms with Crippen molar-refractivity contribution in [3.63, 3.8) is 0 Å². The van der Waals surface area contributed by atoms with E-state index in [0.717, 1.165) is 37.8 Å². The fourth-order valence-corrected chi connectivity index (χ4v) is 3.47. The van der Waals surface area contributed by atoms with Gasteiger partial charge >= 0.3 is 0 Å². The Hall–Kier alpha value is -1.68. The van der Waals surface area contributed by atoms with Gasteiger partial charge in [0.05, 0.1) is 12.5 Å². The summed E-state index contributed by atoms with van der Waals surface area (Å²) in [5, 5.41) is 0. The lowest BCUT2D eigenvalue weighted by atomic mass is 9.96. The maximum atomic E-state index is 12.4. The molecule has 1 aliphatic heterocycles. The number of aryl methyl sites for hydroxylation is 2. The maximum absolute atomic E-state index is 12.4. The van der Waals surface area contributed by atoms with Crippen molar-refractivity contribution in [3.05, 3.63) is 34.9 Å². The Morgan fingerprint density at radius 2 is 2.00 bits per heavy atom. The van der Waals surface area contributed by atoms with E-state index in [-0.39, 0.29) is 17.6 Å². The van der Waals surface area contributed by atoms with Crippen LogP contribution in [0.4, 0.5) is 0 Å². The predicted octanol–water partition coefficient (Wildman–Crippen LogP) is 1.56. The number of rotatable bonds is 4. The molecule has 21 heavy (non-hydrogen) atoms. The van der Waals surface area contributed by atoms with Gasteiger partial charge in [0.2, 0.25) is 5.91 Å². The number of nitrogens with two attached hydrogens (primary N) is 1. The van der Waals surface area contributed by atoms with Gasteiger partial charge in [0.25, 0.3) is 0 Å². The van der Waals surface area contributed by atoms with Crippen molar-refractivity contribution in [1.82, 2.24) is 4.90 Å². The first kappa shape index (κ1) is 14.3. The van der Waals surface area contributed by atoms with Crippen molar-refractivity contribution in [2.24, 2.45) is 11.7 Å². The van der Waals surface area contributed by atoms with E-state index in [4.69, 9.17) is 5.73 Å². The molecule has 3 rings (SSSR count). The Labute approximate surface area is 125 Å². The highest BCUT2D eigenvalue weighted by atomic mass is 16.1. The number of hydrogen-bond acceptors (Lipinski definition) is 3. The normalized spacial score (nSPS) is 22.0. The summed E-state index contributed by atoms with van der Waals surface area (Å²) >= 11 is 0. The highest BCUT2D eigenvalue weighted by Crippen LogP contribution is 2.23. The van der Waals surface area contributed by atoms with Gasteiger partial charge in [0, 0.05) is 12.1 Å². The monoisotopic (exact) mass is 286 g/mol. The van der Waals surface area contributed by atoms with Crippen LogP contribution in [0, 0.1) is 5.92 Å². The van der Waals surface area contributed by atoms with Crippen LogP contribution in [0.15, 0.2) is 18.2 Å². The summed E-state index contributed by atoms with van der Waals surface area (Å²) in [4.78, 5) is 25.8. The number of hydrogen-bond donors (Lipinski definition) is 1. The van der Waals surface area contributed by atoms with Crippen molar-refractivity contribution >= 4 is 11.7 Å². The molecule has 112 valence electrons. The topological polar surface area (TPSA) is 63.4 Å². The molecule has 1 aliphatic carbocycles. The summed E-state index contributed by atoms with van der Waals surface area (Å²) in [6, 6.07) is 6.10. The van der Waals surface area contributed by atoms with Crippen molar-refractivity contribution < 1.29 is 9.59 Å². The first-order valence-electron chi connectivity index (χ1n) is 7.80. The smallest absolute Gasteiger partial charge is 0.221 e. The first-order chi connectivity index (χ1) is 10.1.